The lowest BCUT2D eigenvalue weighted by molar-refractivity contribution is 0.133. The first-order valence-electron chi connectivity index (χ1n) is 6.93. The van der Waals surface area contributed by atoms with E-state index in [2.05, 4.69) is 21.7 Å². The molecule has 0 aliphatic carbocycles. The number of fused-ring (bicyclic) bond motifs is 1. The lowest BCUT2D eigenvalue weighted by atomic mass is 10.00. The molecule has 4 nitrogen and oxygen atoms in total. The van der Waals surface area contributed by atoms with E-state index in [1.54, 1.807) is 11.3 Å². The van der Waals surface area contributed by atoms with Crippen molar-refractivity contribution in [2.75, 3.05) is 31.1 Å². The van der Waals surface area contributed by atoms with Crippen LogP contribution in [0.5, 0.6) is 0 Å². The maximum Gasteiger partial charge on any atom is 0.185 e. The van der Waals surface area contributed by atoms with Crippen LogP contribution in [-0.2, 0) is 6.54 Å². The number of thiazole rings is 1. The van der Waals surface area contributed by atoms with Gasteiger partial charge in [0.25, 0.3) is 0 Å². The topological polar surface area (TPSA) is 45.4 Å². The molecule has 0 amide bonds. The van der Waals surface area contributed by atoms with Gasteiger partial charge in [0.2, 0.25) is 0 Å². The maximum absolute atomic E-state index is 5.74. The molecule has 3 heterocycles. The third kappa shape index (κ3) is 2.27. The summed E-state index contributed by atoms with van der Waals surface area (Å²) in [6.45, 7) is 7.45. The summed E-state index contributed by atoms with van der Waals surface area (Å²) in [6, 6.07) is 0.748. The summed E-state index contributed by atoms with van der Waals surface area (Å²) >= 11 is 1.78. The van der Waals surface area contributed by atoms with E-state index in [4.69, 9.17) is 5.73 Å². The number of hydrogen-bond acceptors (Lipinski definition) is 5. The fraction of sp³-hybridized carbons (Fsp3) is 0.769. The summed E-state index contributed by atoms with van der Waals surface area (Å²) in [4.78, 5) is 11.0. The molecule has 0 spiro atoms. The molecule has 1 unspecified atom stereocenters. The monoisotopic (exact) mass is 266 g/mol. The van der Waals surface area contributed by atoms with Gasteiger partial charge in [0.1, 0.15) is 0 Å². The van der Waals surface area contributed by atoms with Gasteiger partial charge in [-0.05, 0) is 26.3 Å². The van der Waals surface area contributed by atoms with Crippen LogP contribution >= 0.6 is 11.3 Å². The normalized spacial score (nSPS) is 25.2. The molecule has 18 heavy (non-hydrogen) atoms. The lowest BCUT2D eigenvalue weighted by Gasteiger charge is -2.44. The first kappa shape index (κ1) is 12.4. The first-order valence-corrected chi connectivity index (χ1v) is 7.75. The number of aromatic nitrogens is 1. The van der Waals surface area contributed by atoms with Crippen LogP contribution in [0.25, 0.3) is 0 Å². The lowest BCUT2D eigenvalue weighted by Crippen LogP contribution is -2.54. The summed E-state index contributed by atoms with van der Waals surface area (Å²) in [5, 5.41) is 1.18. The number of piperidine rings is 1. The molecule has 2 fully saturated rings. The highest BCUT2D eigenvalue weighted by atomic mass is 32.1. The quantitative estimate of drug-likeness (QED) is 0.883. The molecule has 0 radical (unpaired) electrons. The second-order valence-corrected chi connectivity index (χ2v) is 6.40. The van der Waals surface area contributed by atoms with E-state index in [0.29, 0.717) is 6.54 Å². The van der Waals surface area contributed by atoms with Crippen molar-refractivity contribution in [1.29, 1.82) is 0 Å². The van der Waals surface area contributed by atoms with Gasteiger partial charge in [0.15, 0.2) is 5.13 Å². The molecule has 0 aromatic carbocycles. The molecule has 5 heteroatoms. The highest BCUT2D eigenvalue weighted by Gasteiger charge is 2.30. The number of anilines is 1. The Hall–Kier alpha value is -0.650. The number of nitrogens with zero attached hydrogens (tertiary/aromatic N) is 3. The molecule has 2 aliphatic heterocycles. The van der Waals surface area contributed by atoms with Crippen LogP contribution in [0.2, 0.25) is 0 Å². The highest BCUT2D eigenvalue weighted by Crippen LogP contribution is 2.29. The number of rotatable bonds is 2. The maximum atomic E-state index is 5.74. The van der Waals surface area contributed by atoms with Gasteiger partial charge in [0, 0.05) is 37.1 Å². The molecular formula is C13H22N4S. The van der Waals surface area contributed by atoms with Crippen LogP contribution in [0.1, 0.15) is 29.8 Å². The average molecular weight is 266 g/mol. The molecule has 0 bridgehead atoms. The second-order valence-electron chi connectivity index (χ2n) is 5.34. The van der Waals surface area contributed by atoms with Crippen molar-refractivity contribution in [3.63, 3.8) is 0 Å². The second kappa shape index (κ2) is 5.15. The van der Waals surface area contributed by atoms with Crippen LogP contribution in [0.3, 0.4) is 0 Å². The van der Waals surface area contributed by atoms with E-state index < -0.39 is 0 Å². The van der Waals surface area contributed by atoms with Gasteiger partial charge in [-0.1, -0.05) is 6.42 Å². The van der Waals surface area contributed by atoms with Gasteiger partial charge < -0.3 is 10.6 Å². The van der Waals surface area contributed by atoms with E-state index in [1.165, 1.54) is 42.4 Å². The van der Waals surface area contributed by atoms with Crippen molar-refractivity contribution in [1.82, 2.24) is 9.88 Å². The predicted octanol–water partition coefficient (Wildman–Crippen LogP) is 1.58. The SMILES string of the molecule is Cc1nc(N2CCN3CCCCC3C2)sc1CN. The molecule has 1 atom stereocenters. The molecular weight excluding hydrogens is 244 g/mol. The Morgan fingerprint density at radius 2 is 2.22 bits per heavy atom. The number of nitrogens with two attached hydrogens (primary N) is 1. The molecule has 1 aromatic heterocycles. The van der Waals surface area contributed by atoms with E-state index in [0.717, 1.165) is 24.8 Å². The van der Waals surface area contributed by atoms with E-state index in [-0.39, 0.29) is 0 Å². The Morgan fingerprint density at radius 3 is 3.00 bits per heavy atom. The first-order chi connectivity index (χ1) is 8.78. The fourth-order valence-corrected chi connectivity index (χ4v) is 4.04. The molecule has 2 N–H and O–H groups in total. The Morgan fingerprint density at radius 1 is 1.33 bits per heavy atom. The number of hydrogen-bond donors (Lipinski definition) is 1. The van der Waals surface area contributed by atoms with Crippen LogP contribution in [-0.4, -0.2) is 42.1 Å². The third-order valence-corrected chi connectivity index (χ3v) is 5.42. The van der Waals surface area contributed by atoms with Crippen LogP contribution < -0.4 is 10.6 Å². The fourth-order valence-electron chi connectivity index (χ4n) is 3.07. The largest absolute Gasteiger partial charge is 0.345 e. The summed E-state index contributed by atoms with van der Waals surface area (Å²) in [6.07, 6.45) is 4.12. The third-order valence-electron chi connectivity index (χ3n) is 4.17. The highest BCUT2D eigenvalue weighted by molar-refractivity contribution is 7.15. The van der Waals surface area contributed by atoms with E-state index in [1.807, 2.05) is 0 Å². The zero-order valence-electron chi connectivity index (χ0n) is 11.1. The molecule has 100 valence electrons. The summed E-state index contributed by atoms with van der Waals surface area (Å²) in [5.41, 5.74) is 6.86. The van der Waals surface area contributed by atoms with Gasteiger partial charge in [-0.2, -0.15) is 0 Å². The Kier molecular flexibility index (Phi) is 3.54. The van der Waals surface area contributed by atoms with Gasteiger partial charge in [-0.3, -0.25) is 4.90 Å². The van der Waals surface area contributed by atoms with Gasteiger partial charge >= 0.3 is 0 Å². The molecule has 1 aromatic rings. The van der Waals surface area contributed by atoms with E-state index >= 15 is 0 Å². The van der Waals surface area contributed by atoms with Gasteiger partial charge in [0.05, 0.1) is 5.69 Å². The Labute approximate surface area is 113 Å². The van der Waals surface area contributed by atoms with Crippen molar-refractivity contribution in [3.05, 3.63) is 10.6 Å². The summed E-state index contributed by atoms with van der Waals surface area (Å²) < 4.78 is 0. The van der Waals surface area contributed by atoms with Crippen molar-refractivity contribution in [2.24, 2.45) is 5.73 Å². The average Bonchev–Trinajstić information content (AvgIpc) is 2.79. The van der Waals surface area contributed by atoms with Crippen molar-refractivity contribution >= 4 is 16.5 Å². The molecule has 2 saturated heterocycles. The number of piperazine rings is 1. The molecule has 3 rings (SSSR count). The van der Waals surface area contributed by atoms with Crippen LogP contribution in [0.4, 0.5) is 5.13 Å². The smallest absolute Gasteiger partial charge is 0.185 e. The Balaban J connectivity index is 1.72. The minimum atomic E-state index is 0.618. The van der Waals surface area contributed by atoms with Crippen molar-refractivity contribution < 1.29 is 0 Å². The Bertz CT molecular complexity index is 417. The standard InChI is InChI=1S/C13H22N4S/c1-10-12(8-14)18-13(15-10)17-7-6-16-5-3-2-4-11(16)9-17/h11H,2-9,14H2,1H3. The van der Waals surface area contributed by atoms with Crippen LogP contribution in [0.15, 0.2) is 0 Å². The predicted molar refractivity (Wildman–Crippen MR) is 76.2 cm³/mol. The van der Waals surface area contributed by atoms with E-state index in [9.17, 15) is 0 Å². The van der Waals surface area contributed by atoms with Gasteiger partial charge in [-0.15, -0.1) is 11.3 Å². The molecule has 0 saturated carbocycles. The van der Waals surface area contributed by atoms with Crippen molar-refractivity contribution in [3.8, 4) is 0 Å². The van der Waals surface area contributed by atoms with Crippen molar-refractivity contribution in [2.45, 2.75) is 38.8 Å². The minimum Gasteiger partial charge on any atom is -0.345 e. The number of aryl methyl sites for hydroxylation is 1. The summed E-state index contributed by atoms with van der Waals surface area (Å²) in [5.74, 6) is 0. The zero-order chi connectivity index (χ0) is 12.5. The zero-order valence-corrected chi connectivity index (χ0v) is 11.9. The summed E-state index contributed by atoms with van der Waals surface area (Å²) in [7, 11) is 0. The van der Waals surface area contributed by atoms with Crippen LogP contribution in [0, 0.1) is 6.92 Å². The molecule has 2 aliphatic rings. The minimum absolute atomic E-state index is 0.618. The van der Waals surface area contributed by atoms with Gasteiger partial charge in [-0.25, -0.2) is 4.98 Å².